The van der Waals surface area contributed by atoms with E-state index in [-0.39, 0.29) is 6.10 Å². The van der Waals surface area contributed by atoms with Crippen molar-refractivity contribution in [2.24, 2.45) is 17.6 Å². The Kier molecular flexibility index (Phi) is 4.42. The standard InChI is InChI=1S/C16H22N2O2S/c17-16(21)11-1-4-13(5-2-11)20-8-7-18-9-12-3-6-15(19)14(12)10-18/h1-2,4-5,12,14-15,19H,3,6-10H2,(H2,17,21). The van der Waals surface area contributed by atoms with Gasteiger partial charge in [0.2, 0.25) is 0 Å². The number of nitrogens with zero attached hydrogens (tertiary/aromatic N) is 1. The Morgan fingerprint density at radius 1 is 1.29 bits per heavy atom. The third kappa shape index (κ3) is 3.36. The average molecular weight is 306 g/mol. The summed E-state index contributed by atoms with van der Waals surface area (Å²) in [6.45, 7) is 3.69. The Morgan fingerprint density at radius 3 is 2.71 bits per heavy atom. The van der Waals surface area contributed by atoms with Crippen molar-refractivity contribution in [2.45, 2.75) is 18.9 Å². The Bertz CT molecular complexity index is 506. The van der Waals surface area contributed by atoms with Crippen LogP contribution in [0.1, 0.15) is 18.4 Å². The SMILES string of the molecule is NC(=S)c1ccc(OCCN2CC3CCC(O)C3C2)cc1. The van der Waals surface area contributed by atoms with Gasteiger partial charge in [-0.15, -0.1) is 0 Å². The molecule has 3 N–H and O–H groups in total. The summed E-state index contributed by atoms with van der Waals surface area (Å²) < 4.78 is 5.76. The number of ether oxygens (including phenoxy) is 1. The van der Waals surface area contributed by atoms with Crippen LogP contribution in [0.15, 0.2) is 24.3 Å². The Morgan fingerprint density at radius 2 is 2.05 bits per heavy atom. The first-order chi connectivity index (χ1) is 10.1. The zero-order chi connectivity index (χ0) is 14.8. The number of likely N-dealkylation sites (tertiary alicyclic amines) is 1. The van der Waals surface area contributed by atoms with Gasteiger partial charge in [0, 0.05) is 31.1 Å². The molecule has 2 fully saturated rings. The van der Waals surface area contributed by atoms with Crippen LogP contribution in [0.3, 0.4) is 0 Å². The lowest BCUT2D eigenvalue weighted by molar-refractivity contribution is 0.122. The summed E-state index contributed by atoms with van der Waals surface area (Å²) in [5, 5.41) is 9.91. The van der Waals surface area contributed by atoms with Crippen LogP contribution in [0.5, 0.6) is 5.75 Å². The molecule has 3 unspecified atom stereocenters. The van der Waals surface area contributed by atoms with Gasteiger partial charge in [0.25, 0.3) is 0 Å². The number of aliphatic hydroxyl groups is 1. The summed E-state index contributed by atoms with van der Waals surface area (Å²) in [6, 6.07) is 7.57. The van der Waals surface area contributed by atoms with Crippen LogP contribution in [0.4, 0.5) is 0 Å². The molecule has 0 spiro atoms. The summed E-state index contributed by atoms with van der Waals surface area (Å²) in [4.78, 5) is 2.81. The summed E-state index contributed by atoms with van der Waals surface area (Å²) in [5.74, 6) is 2.01. The van der Waals surface area contributed by atoms with Gasteiger partial charge in [-0.05, 0) is 43.0 Å². The molecule has 5 heteroatoms. The molecule has 1 saturated carbocycles. The second kappa shape index (κ2) is 6.30. The maximum atomic E-state index is 9.91. The average Bonchev–Trinajstić information content (AvgIpc) is 3.02. The molecule has 0 amide bonds. The lowest BCUT2D eigenvalue weighted by Crippen LogP contribution is -2.28. The normalized spacial score (nSPS) is 28.5. The van der Waals surface area contributed by atoms with Crippen molar-refractivity contribution in [1.82, 2.24) is 4.90 Å². The molecule has 0 aromatic heterocycles. The molecule has 3 rings (SSSR count). The molecule has 1 aliphatic heterocycles. The summed E-state index contributed by atoms with van der Waals surface area (Å²) in [5.41, 5.74) is 6.43. The van der Waals surface area contributed by atoms with E-state index < -0.39 is 0 Å². The van der Waals surface area contributed by atoms with Crippen molar-refractivity contribution in [2.75, 3.05) is 26.2 Å². The fourth-order valence-corrected chi connectivity index (χ4v) is 3.66. The maximum Gasteiger partial charge on any atom is 0.119 e. The van der Waals surface area contributed by atoms with Crippen molar-refractivity contribution >= 4 is 17.2 Å². The number of rotatable bonds is 5. The fourth-order valence-electron chi connectivity index (χ4n) is 3.52. The number of nitrogens with two attached hydrogens (primary N) is 1. The third-order valence-electron chi connectivity index (χ3n) is 4.71. The van der Waals surface area contributed by atoms with E-state index >= 15 is 0 Å². The first-order valence-electron chi connectivity index (χ1n) is 7.56. The van der Waals surface area contributed by atoms with Crippen LogP contribution in [-0.2, 0) is 0 Å². The molecule has 1 aromatic rings. The molecular weight excluding hydrogens is 284 g/mol. The number of hydrogen-bond donors (Lipinski definition) is 2. The zero-order valence-corrected chi connectivity index (χ0v) is 12.9. The highest BCUT2D eigenvalue weighted by Gasteiger charge is 2.41. The van der Waals surface area contributed by atoms with Crippen LogP contribution >= 0.6 is 12.2 Å². The van der Waals surface area contributed by atoms with Gasteiger partial charge in [0.05, 0.1) is 6.10 Å². The molecule has 114 valence electrons. The highest BCUT2D eigenvalue weighted by atomic mass is 32.1. The Labute approximate surface area is 130 Å². The molecule has 1 saturated heterocycles. The smallest absolute Gasteiger partial charge is 0.119 e. The van der Waals surface area contributed by atoms with Crippen molar-refractivity contribution in [3.63, 3.8) is 0 Å². The second-order valence-corrected chi connectivity index (χ2v) is 6.51. The molecule has 1 heterocycles. The Hall–Kier alpha value is -1.17. The number of fused-ring (bicyclic) bond motifs is 1. The lowest BCUT2D eigenvalue weighted by atomic mass is 10.00. The maximum absolute atomic E-state index is 9.91. The highest BCUT2D eigenvalue weighted by Crippen LogP contribution is 2.37. The van der Waals surface area contributed by atoms with Crippen LogP contribution in [0.2, 0.25) is 0 Å². The topological polar surface area (TPSA) is 58.7 Å². The number of hydrogen-bond acceptors (Lipinski definition) is 4. The van der Waals surface area contributed by atoms with E-state index in [1.54, 1.807) is 0 Å². The molecule has 4 nitrogen and oxygen atoms in total. The van der Waals surface area contributed by atoms with E-state index in [2.05, 4.69) is 4.90 Å². The molecule has 2 aliphatic rings. The first kappa shape index (κ1) is 14.8. The minimum absolute atomic E-state index is 0.0893. The predicted molar refractivity (Wildman–Crippen MR) is 86.5 cm³/mol. The van der Waals surface area contributed by atoms with Gasteiger partial charge >= 0.3 is 0 Å². The quantitative estimate of drug-likeness (QED) is 0.805. The van der Waals surface area contributed by atoms with Gasteiger partial charge in [-0.2, -0.15) is 0 Å². The monoisotopic (exact) mass is 306 g/mol. The van der Waals surface area contributed by atoms with Crippen molar-refractivity contribution in [1.29, 1.82) is 0 Å². The molecule has 1 aromatic carbocycles. The lowest BCUT2D eigenvalue weighted by Gasteiger charge is -2.18. The number of benzene rings is 1. The highest BCUT2D eigenvalue weighted by molar-refractivity contribution is 7.80. The summed E-state index contributed by atoms with van der Waals surface area (Å²) in [6.07, 6.45) is 2.06. The van der Waals surface area contributed by atoms with E-state index in [0.29, 0.717) is 23.4 Å². The number of aliphatic hydroxyl groups excluding tert-OH is 1. The third-order valence-corrected chi connectivity index (χ3v) is 4.95. The van der Waals surface area contributed by atoms with Crippen molar-refractivity contribution in [3.05, 3.63) is 29.8 Å². The van der Waals surface area contributed by atoms with Crippen molar-refractivity contribution in [3.8, 4) is 5.75 Å². The van der Waals surface area contributed by atoms with E-state index in [4.69, 9.17) is 22.7 Å². The van der Waals surface area contributed by atoms with Crippen LogP contribution in [0, 0.1) is 11.8 Å². The molecule has 21 heavy (non-hydrogen) atoms. The van der Waals surface area contributed by atoms with Crippen LogP contribution in [0.25, 0.3) is 0 Å². The molecule has 0 radical (unpaired) electrons. The minimum Gasteiger partial charge on any atom is -0.492 e. The van der Waals surface area contributed by atoms with Crippen LogP contribution in [-0.4, -0.2) is 47.3 Å². The Balaban J connectivity index is 1.43. The molecule has 1 aliphatic carbocycles. The molecule has 0 bridgehead atoms. The van der Waals surface area contributed by atoms with E-state index in [0.717, 1.165) is 37.4 Å². The largest absolute Gasteiger partial charge is 0.492 e. The van der Waals surface area contributed by atoms with Gasteiger partial charge in [0.15, 0.2) is 0 Å². The zero-order valence-electron chi connectivity index (χ0n) is 12.1. The van der Waals surface area contributed by atoms with Gasteiger partial charge < -0.3 is 15.6 Å². The van der Waals surface area contributed by atoms with Gasteiger partial charge in [-0.25, -0.2) is 0 Å². The molecule has 3 atom stereocenters. The summed E-state index contributed by atoms with van der Waals surface area (Å²) >= 11 is 4.92. The van der Waals surface area contributed by atoms with Gasteiger partial charge in [0.1, 0.15) is 17.3 Å². The minimum atomic E-state index is -0.0893. The first-order valence-corrected chi connectivity index (χ1v) is 7.97. The second-order valence-electron chi connectivity index (χ2n) is 6.07. The van der Waals surface area contributed by atoms with Crippen LogP contribution < -0.4 is 10.5 Å². The van der Waals surface area contributed by atoms with Gasteiger partial charge in [-0.1, -0.05) is 12.2 Å². The van der Waals surface area contributed by atoms with E-state index in [9.17, 15) is 5.11 Å². The summed E-state index contributed by atoms with van der Waals surface area (Å²) in [7, 11) is 0. The van der Waals surface area contributed by atoms with E-state index in [1.807, 2.05) is 24.3 Å². The fraction of sp³-hybridized carbons (Fsp3) is 0.562. The predicted octanol–water partition coefficient (Wildman–Crippen LogP) is 1.40. The van der Waals surface area contributed by atoms with Gasteiger partial charge in [-0.3, -0.25) is 4.90 Å². The van der Waals surface area contributed by atoms with E-state index in [1.165, 1.54) is 6.42 Å². The van der Waals surface area contributed by atoms with Crippen molar-refractivity contribution < 1.29 is 9.84 Å². The number of thiocarbonyl (C=S) groups is 1. The molecular formula is C16H22N2O2S.